The highest BCUT2D eigenvalue weighted by atomic mass is 16.5. The fraction of sp³-hybridized carbons (Fsp3) is 0.435. The molecule has 7 N–H and O–H groups in total. The highest BCUT2D eigenvalue weighted by Crippen LogP contribution is 2.30. The first-order chi connectivity index (χ1) is 17.0. The largest absolute Gasteiger partial charge is 0.423 e. The molecule has 1 amide bonds. The second-order valence-electron chi connectivity index (χ2n) is 8.01. The molecule has 0 radical (unpaired) electrons. The number of hydrogen-bond donors (Lipinski definition) is 4. The molecule has 1 aromatic carbocycles. The molecule has 1 atom stereocenters. The average Bonchev–Trinajstić information content (AvgIpc) is 2.85. The van der Waals surface area contributed by atoms with Crippen LogP contribution in [0.25, 0.3) is 0 Å². The van der Waals surface area contributed by atoms with Crippen LogP contribution in [0, 0.1) is 0 Å². The maximum absolute atomic E-state index is 12.4. The number of para-hydroxylation sites is 1. The van der Waals surface area contributed by atoms with Crippen molar-refractivity contribution in [1.29, 1.82) is 0 Å². The Balaban J connectivity index is 1.60. The van der Waals surface area contributed by atoms with Gasteiger partial charge in [-0.05, 0) is 43.7 Å². The third-order valence-electron chi connectivity index (χ3n) is 5.27. The minimum absolute atomic E-state index is 0.0741. The standard InChI is InChI=1S/C23H32N8O4/c24-10-4-3-5-16(25)23(33)28-20-9-8-18(22(26)27-20)30-29-17-6-1-2-7-19(17)35-21(32)15-31-11-13-34-14-12-31/h1-2,6-9,16H,3-5,10-15,24-25H2,(H3,26,27,28,33)/b30-29+/t16-/m0/s1. The highest BCUT2D eigenvalue weighted by molar-refractivity contribution is 5.94. The Morgan fingerprint density at radius 1 is 1.11 bits per heavy atom. The molecule has 1 aliphatic heterocycles. The summed E-state index contributed by atoms with van der Waals surface area (Å²) in [5.41, 5.74) is 18.0. The lowest BCUT2D eigenvalue weighted by atomic mass is 10.1. The first-order valence-corrected chi connectivity index (χ1v) is 11.5. The average molecular weight is 485 g/mol. The summed E-state index contributed by atoms with van der Waals surface area (Å²) < 4.78 is 10.8. The minimum atomic E-state index is -0.661. The van der Waals surface area contributed by atoms with Crippen LogP contribution in [0.4, 0.5) is 23.0 Å². The topological polar surface area (TPSA) is 184 Å². The molecule has 0 spiro atoms. The summed E-state index contributed by atoms with van der Waals surface area (Å²) in [6, 6.07) is 9.28. The minimum Gasteiger partial charge on any atom is -0.423 e. The summed E-state index contributed by atoms with van der Waals surface area (Å²) in [7, 11) is 0. The van der Waals surface area contributed by atoms with Crippen molar-refractivity contribution in [3.05, 3.63) is 36.4 Å². The third-order valence-corrected chi connectivity index (χ3v) is 5.27. The smallest absolute Gasteiger partial charge is 0.325 e. The first kappa shape index (κ1) is 26.2. The van der Waals surface area contributed by atoms with Gasteiger partial charge in [0.05, 0.1) is 25.8 Å². The highest BCUT2D eigenvalue weighted by Gasteiger charge is 2.17. The molecule has 1 aliphatic rings. The fourth-order valence-corrected chi connectivity index (χ4v) is 3.31. The van der Waals surface area contributed by atoms with Crippen LogP contribution >= 0.6 is 0 Å². The molecule has 2 aromatic rings. The summed E-state index contributed by atoms with van der Waals surface area (Å²) in [4.78, 5) is 30.7. The molecule has 0 saturated carbocycles. The number of morpholine rings is 1. The van der Waals surface area contributed by atoms with Gasteiger partial charge in [0.1, 0.15) is 17.2 Å². The van der Waals surface area contributed by atoms with E-state index in [1.807, 2.05) is 4.90 Å². The lowest BCUT2D eigenvalue weighted by molar-refractivity contribution is -0.136. The molecule has 1 fully saturated rings. The van der Waals surface area contributed by atoms with Gasteiger partial charge in [-0.25, -0.2) is 4.98 Å². The molecule has 0 bridgehead atoms. The summed E-state index contributed by atoms with van der Waals surface area (Å²) in [5.74, 6) is -0.120. The zero-order valence-corrected chi connectivity index (χ0v) is 19.6. The molecule has 35 heavy (non-hydrogen) atoms. The van der Waals surface area contributed by atoms with E-state index in [4.69, 9.17) is 26.7 Å². The van der Waals surface area contributed by atoms with Gasteiger partial charge >= 0.3 is 5.97 Å². The molecule has 3 rings (SSSR count). The first-order valence-electron chi connectivity index (χ1n) is 11.5. The molecule has 12 nitrogen and oxygen atoms in total. The quantitative estimate of drug-likeness (QED) is 0.159. The Hall–Kier alpha value is -3.45. The van der Waals surface area contributed by atoms with E-state index in [9.17, 15) is 9.59 Å². The van der Waals surface area contributed by atoms with Crippen molar-refractivity contribution in [2.75, 3.05) is 50.4 Å². The Kier molecular flexibility index (Phi) is 10.0. The predicted octanol–water partition coefficient (Wildman–Crippen LogP) is 1.71. The molecule has 1 aromatic heterocycles. The number of nitrogens with zero attached hydrogens (tertiary/aromatic N) is 4. The second-order valence-corrected chi connectivity index (χ2v) is 8.01. The number of aromatic nitrogens is 1. The SMILES string of the molecule is NCCCC[C@H](N)C(=O)Nc1ccc(/N=N/c2ccccc2OC(=O)CN2CCOCC2)c(N)n1. The summed E-state index contributed by atoms with van der Waals surface area (Å²) >= 11 is 0. The molecule has 188 valence electrons. The Morgan fingerprint density at radius 3 is 2.60 bits per heavy atom. The Morgan fingerprint density at radius 2 is 1.86 bits per heavy atom. The summed E-state index contributed by atoms with van der Waals surface area (Å²) in [5, 5.41) is 11.0. The number of hydrogen-bond acceptors (Lipinski definition) is 11. The van der Waals surface area contributed by atoms with Gasteiger partial charge in [0, 0.05) is 13.1 Å². The number of nitrogens with two attached hydrogens (primary N) is 3. The number of nitrogen functional groups attached to an aromatic ring is 1. The number of pyridine rings is 1. The maximum Gasteiger partial charge on any atom is 0.325 e. The van der Waals surface area contributed by atoms with Gasteiger partial charge in [-0.3, -0.25) is 14.5 Å². The van der Waals surface area contributed by atoms with E-state index < -0.39 is 12.0 Å². The van der Waals surface area contributed by atoms with Gasteiger partial charge in [0.2, 0.25) is 5.91 Å². The molecule has 0 unspecified atom stereocenters. The molecular weight excluding hydrogens is 452 g/mol. The van der Waals surface area contributed by atoms with Crippen molar-refractivity contribution in [2.45, 2.75) is 25.3 Å². The molecular formula is C23H32N8O4. The van der Waals surface area contributed by atoms with Crippen LogP contribution in [0.3, 0.4) is 0 Å². The van der Waals surface area contributed by atoms with Crippen molar-refractivity contribution in [3.8, 4) is 5.75 Å². The van der Waals surface area contributed by atoms with Crippen molar-refractivity contribution in [2.24, 2.45) is 21.7 Å². The summed E-state index contributed by atoms with van der Waals surface area (Å²) in [6.07, 6.45) is 2.10. The Labute approximate surface area is 203 Å². The number of carbonyl (C=O) groups excluding carboxylic acids is 2. The normalized spacial score (nSPS) is 15.1. The van der Waals surface area contributed by atoms with E-state index in [2.05, 4.69) is 20.5 Å². The number of anilines is 2. The van der Waals surface area contributed by atoms with E-state index in [0.717, 1.165) is 12.8 Å². The number of benzene rings is 1. The molecule has 1 saturated heterocycles. The predicted molar refractivity (Wildman–Crippen MR) is 132 cm³/mol. The number of rotatable bonds is 11. The van der Waals surface area contributed by atoms with Crippen molar-refractivity contribution < 1.29 is 19.1 Å². The van der Waals surface area contributed by atoms with Crippen molar-refractivity contribution in [3.63, 3.8) is 0 Å². The lowest BCUT2D eigenvalue weighted by Gasteiger charge is -2.25. The number of azo groups is 1. The monoisotopic (exact) mass is 484 g/mol. The number of unbranched alkanes of at least 4 members (excludes halogenated alkanes) is 1. The zero-order valence-electron chi connectivity index (χ0n) is 19.6. The van der Waals surface area contributed by atoms with E-state index in [1.54, 1.807) is 36.4 Å². The van der Waals surface area contributed by atoms with E-state index in [0.29, 0.717) is 50.6 Å². The molecule has 0 aliphatic carbocycles. The Bertz CT molecular complexity index is 1030. The lowest BCUT2D eigenvalue weighted by Crippen LogP contribution is -2.40. The summed E-state index contributed by atoms with van der Waals surface area (Å²) in [6.45, 7) is 3.27. The van der Waals surface area contributed by atoms with Gasteiger partial charge in [-0.1, -0.05) is 18.6 Å². The second kappa shape index (κ2) is 13.4. The van der Waals surface area contributed by atoms with Crippen LogP contribution in [-0.2, 0) is 14.3 Å². The molecule has 12 heteroatoms. The number of amides is 1. The van der Waals surface area contributed by atoms with Gasteiger partial charge in [-0.2, -0.15) is 0 Å². The van der Waals surface area contributed by atoms with E-state index in [1.165, 1.54) is 0 Å². The van der Waals surface area contributed by atoms with Crippen LogP contribution in [0.15, 0.2) is 46.6 Å². The van der Waals surface area contributed by atoms with Gasteiger partial charge < -0.3 is 32.0 Å². The maximum atomic E-state index is 12.4. The number of nitrogens with one attached hydrogen (secondary N) is 1. The van der Waals surface area contributed by atoms with Crippen LogP contribution in [0.2, 0.25) is 0 Å². The number of carbonyl (C=O) groups is 2. The van der Waals surface area contributed by atoms with Crippen LogP contribution in [-0.4, -0.2) is 67.2 Å². The van der Waals surface area contributed by atoms with Crippen molar-refractivity contribution in [1.82, 2.24) is 9.88 Å². The van der Waals surface area contributed by atoms with Crippen LogP contribution in [0.5, 0.6) is 5.75 Å². The van der Waals surface area contributed by atoms with Gasteiger partial charge in [-0.15, -0.1) is 10.2 Å². The number of ether oxygens (including phenoxy) is 2. The van der Waals surface area contributed by atoms with E-state index in [-0.39, 0.29) is 29.8 Å². The van der Waals surface area contributed by atoms with Crippen molar-refractivity contribution >= 4 is 34.9 Å². The third kappa shape index (κ3) is 8.37. The van der Waals surface area contributed by atoms with Gasteiger partial charge in [0.25, 0.3) is 0 Å². The van der Waals surface area contributed by atoms with E-state index >= 15 is 0 Å². The van der Waals surface area contributed by atoms with Crippen LogP contribution < -0.4 is 27.3 Å². The van der Waals surface area contributed by atoms with Gasteiger partial charge in [0.15, 0.2) is 11.6 Å². The zero-order chi connectivity index (χ0) is 25.0. The van der Waals surface area contributed by atoms with Crippen LogP contribution in [0.1, 0.15) is 19.3 Å². The number of esters is 1. The molecule has 2 heterocycles. The fourth-order valence-electron chi connectivity index (χ4n) is 3.31.